The number of carbonyl (C=O) groups is 2. The number of nitrogens with one attached hydrogen (secondary N) is 1. The van der Waals surface area contributed by atoms with Gasteiger partial charge in [0, 0.05) is 38.9 Å². The highest BCUT2D eigenvalue weighted by Gasteiger charge is 2.26. The van der Waals surface area contributed by atoms with E-state index in [0.717, 1.165) is 24.1 Å². The lowest BCUT2D eigenvalue weighted by Crippen LogP contribution is -2.37. The summed E-state index contributed by atoms with van der Waals surface area (Å²) in [5.41, 5.74) is 1.78. The average Bonchev–Trinajstić information content (AvgIpc) is 3.55. The van der Waals surface area contributed by atoms with Crippen LogP contribution in [-0.4, -0.2) is 59.2 Å². The van der Waals surface area contributed by atoms with Gasteiger partial charge in [-0.1, -0.05) is 11.3 Å². The number of hydrogen-bond acceptors (Lipinski definition) is 7. The van der Waals surface area contributed by atoms with Crippen molar-refractivity contribution in [2.24, 2.45) is 0 Å². The lowest BCUT2D eigenvalue weighted by atomic mass is 10.2. The molecule has 1 unspecified atom stereocenters. The first-order valence-corrected chi connectivity index (χ1v) is 11.0. The highest BCUT2D eigenvalue weighted by atomic mass is 32.1. The lowest BCUT2D eigenvalue weighted by molar-refractivity contribution is -0.119. The van der Waals surface area contributed by atoms with E-state index in [2.05, 4.69) is 15.3 Å². The Kier molecular flexibility index (Phi) is 6.90. The van der Waals surface area contributed by atoms with E-state index in [1.54, 1.807) is 18.2 Å². The molecule has 0 aliphatic carbocycles. The number of rotatable bonds is 9. The minimum Gasteiger partial charge on any atom is -0.384 e. The quantitative estimate of drug-likeness (QED) is 0.545. The number of aromatic nitrogens is 3. The van der Waals surface area contributed by atoms with Crippen molar-refractivity contribution in [2.45, 2.75) is 31.9 Å². The Morgan fingerprint density at radius 1 is 1.39 bits per heavy atom. The van der Waals surface area contributed by atoms with Gasteiger partial charge in [-0.25, -0.2) is 9.97 Å². The molecule has 1 aliphatic heterocycles. The van der Waals surface area contributed by atoms with E-state index in [4.69, 9.17) is 9.47 Å². The van der Waals surface area contributed by atoms with Crippen LogP contribution in [-0.2, 0) is 20.8 Å². The van der Waals surface area contributed by atoms with E-state index in [1.165, 1.54) is 17.5 Å². The van der Waals surface area contributed by atoms with Gasteiger partial charge in [-0.05, 0) is 30.5 Å². The van der Waals surface area contributed by atoms with Crippen molar-refractivity contribution in [2.75, 3.05) is 31.8 Å². The van der Waals surface area contributed by atoms with Crippen LogP contribution in [0.1, 0.15) is 34.5 Å². The van der Waals surface area contributed by atoms with Crippen LogP contribution in [0, 0.1) is 0 Å². The molecule has 3 aromatic rings. The Labute approximate surface area is 184 Å². The summed E-state index contributed by atoms with van der Waals surface area (Å²) >= 11 is 1.20. The molecular weight excluding hydrogens is 418 g/mol. The average molecular weight is 444 g/mol. The molecule has 1 saturated heterocycles. The first-order valence-electron chi connectivity index (χ1n) is 10.2. The number of thiazole rings is 1. The van der Waals surface area contributed by atoms with Crippen LogP contribution in [0.4, 0.5) is 5.13 Å². The minimum absolute atomic E-state index is 0.00902. The molecular formula is C21H25N5O4S. The van der Waals surface area contributed by atoms with Crippen LogP contribution in [0.25, 0.3) is 5.65 Å². The molecule has 0 saturated carbocycles. The summed E-state index contributed by atoms with van der Waals surface area (Å²) in [4.78, 5) is 36.0. The Bertz CT molecular complexity index is 1040. The number of anilines is 1. The third-order valence-corrected chi connectivity index (χ3v) is 6.11. The third-order valence-electron chi connectivity index (χ3n) is 5.09. The van der Waals surface area contributed by atoms with Gasteiger partial charge < -0.3 is 19.2 Å². The maximum absolute atomic E-state index is 12.7. The Hall–Kier alpha value is -2.82. The number of ether oxygens (including phenoxy) is 2. The minimum atomic E-state index is -0.228. The van der Waals surface area contributed by atoms with Gasteiger partial charge in [0.1, 0.15) is 10.5 Å². The second kappa shape index (κ2) is 9.99. The molecule has 4 rings (SSSR count). The summed E-state index contributed by atoms with van der Waals surface area (Å²) in [7, 11) is 1.56. The number of methoxy groups -OCH3 is 1. The van der Waals surface area contributed by atoms with E-state index in [-0.39, 0.29) is 24.3 Å². The van der Waals surface area contributed by atoms with Gasteiger partial charge in [0.25, 0.3) is 5.91 Å². The molecule has 9 nitrogen and oxygen atoms in total. The zero-order valence-corrected chi connectivity index (χ0v) is 18.1. The van der Waals surface area contributed by atoms with Gasteiger partial charge in [-0.2, -0.15) is 0 Å². The van der Waals surface area contributed by atoms with Crippen LogP contribution in [0.3, 0.4) is 0 Å². The molecule has 31 heavy (non-hydrogen) atoms. The van der Waals surface area contributed by atoms with Crippen molar-refractivity contribution >= 4 is 33.9 Å². The fourth-order valence-electron chi connectivity index (χ4n) is 3.43. The van der Waals surface area contributed by atoms with Gasteiger partial charge in [-0.15, -0.1) is 0 Å². The SMILES string of the molecule is COCCC(=O)N(CC1CCCO1)c1ncc(C(=O)NCc2ccn3ccnc3c2)s1. The van der Waals surface area contributed by atoms with E-state index >= 15 is 0 Å². The fraction of sp³-hybridized carbons (Fsp3) is 0.429. The first kappa shape index (κ1) is 21.4. The van der Waals surface area contributed by atoms with Gasteiger partial charge in [0.2, 0.25) is 5.91 Å². The maximum Gasteiger partial charge on any atom is 0.263 e. The van der Waals surface area contributed by atoms with Crippen LogP contribution in [0.15, 0.2) is 36.9 Å². The van der Waals surface area contributed by atoms with Gasteiger partial charge in [-0.3, -0.25) is 14.5 Å². The van der Waals surface area contributed by atoms with Crippen molar-refractivity contribution in [1.82, 2.24) is 19.7 Å². The molecule has 0 radical (unpaired) electrons. The summed E-state index contributed by atoms with van der Waals surface area (Å²) in [6.45, 7) is 1.85. The smallest absolute Gasteiger partial charge is 0.263 e. The number of carbonyl (C=O) groups excluding carboxylic acids is 2. The second-order valence-corrected chi connectivity index (χ2v) is 8.31. The number of imidazole rings is 1. The van der Waals surface area contributed by atoms with Crippen molar-refractivity contribution in [3.8, 4) is 0 Å². The summed E-state index contributed by atoms with van der Waals surface area (Å²) in [6, 6.07) is 3.86. The van der Waals surface area contributed by atoms with Gasteiger partial charge >= 0.3 is 0 Å². The maximum atomic E-state index is 12.7. The summed E-state index contributed by atoms with van der Waals surface area (Å²) < 4.78 is 12.6. The molecule has 4 heterocycles. The number of fused-ring (bicyclic) bond motifs is 1. The monoisotopic (exact) mass is 443 g/mol. The molecule has 1 atom stereocenters. The number of hydrogen-bond donors (Lipinski definition) is 1. The molecule has 1 fully saturated rings. The van der Waals surface area contributed by atoms with E-state index in [0.29, 0.717) is 36.3 Å². The molecule has 0 spiro atoms. The number of amides is 2. The number of nitrogens with zero attached hydrogens (tertiary/aromatic N) is 4. The Balaban J connectivity index is 1.41. The van der Waals surface area contributed by atoms with Crippen molar-refractivity contribution in [3.05, 3.63) is 47.4 Å². The van der Waals surface area contributed by atoms with E-state index in [1.807, 2.05) is 28.9 Å². The van der Waals surface area contributed by atoms with E-state index in [9.17, 15) is 9.59 Å². The van der Waals surface area contributed by atoms with E-state index < -0.39 is 0 Å². The van der Waals surface area contributed by atoms with Gasteiger partial charge in [0.15, 0.2) is 5.13 Å². The molecule has 0 bridgehead atoms. The third kappa shape index (κ3) is 5.27. The highest BCUT2D eigenvalue weighted by Crippen LogP contribution is 2.25. The Morgan fingerprint density at radius 3 is 3.10 bits per heavy atom. The highest BCUT2D eigenvalue weighted by molar-refractivity contribution is 7.17. The predicted molar refractivity (Wildman–Crippen MR) is 116 cm³/mol. The van der Waals surface area contributed by atoms with Gasteiger partial charge in [0.05, 0.1) is 31.9 Å². The molecule has 1 N–H and O–H groups in total. The summed E-state index contributed by atoms with van der Waals surface area (Å²) in [6.07, 6.45) is 9.15. The predicted octanol–water partition coefficient (Wildman–Crippen LogP) is 2.27. The zero-order chi connectivity index (χ0) is 21.6. The molecule has 10 heteroatoms. The standard InChI is InChI=1S/C21H25N5O4S/c1-29-10-5-19(27)26(14-16-3-2-9-30-16)21-24-13-17(31-21)20(28)23-12-15-4-7-25-8-6-22-18(25)11-15/h4,6-8,11,13,16H,2-3,5,9-10,12,14H2,1H3,(H,23,28). The van der Waals surface area contributed by atoms with Crippen LogP contribution in [0.5, 0.6) is 0 Å². The van der Waals surface area contributed by atoms with Crippen molar-refractivity contribution < 1.29 is 19.1 Å². The van der Waals surface area contributed by atoms with Crippen molar-refractivity contribution in [1.29, 1.82) is 0 Å². The van der Waals surface area contributed by atoms with Crippen molar-refractivity contribution in [3.63, 3.8) is 0 Å². The summed E-state index contributed by atoms with van der Waals surface area (Å²) in [5, 5.41) is 3.41. The second-order valence-electron chi connectivity index (χ2n) is 7.30. The molecule has 164 valence electrons. The first-order chi connectivity index (χ1) is 15.1. The topological polar surface area (TPSA) is 98.1 Å². The molecule has 2 amide bonds. The Morgan fingerprint density at radius 2 is 2.29 bits per heavy atom. The molecule has 1 aliphatic rings. The molecule has 3 aromatic heterocycles. The van der Waals surface area contributed by atoms with Crippen LogP contribution >= 0.6 is 11.3 Å². The normalized spacial score (nSPS) is 16.0. The largest absolute Gasteiger partial charge is 0.384 e. The number of pyridine rings is 1. The lowest BCUT2D eigenvalue weighted by Gasteiger charge is -2.23. The van der Waals surface area contributed by atoms with Crippen LogP contribution in [0.2, 0.25) is 0 Å². The summed E-state index contributed by atoms with van der Waals surface area (Å²) in [5.74, 6) is -0.319. The molecule has 0 aromatic carbocycles. The zero-order valence-electron chi connectivity index (χ0n) is 17.3. The fourth-order valence-corrected chi connectivity index (χ4v) is 4.29. The van der Waals surface area contributed by atoms with Crippen LogP contribution < -0.4 is 10.2 Å².